The van der Waals surface area contributed by atoms with Gasteiger partial charge in [-0.05, 0) is 12.1 Å². The molecule has 0 fully saturated rings. The van der Waals surface area contributed by atoms with Crippen LogP contribution in [0.1, 0.15) is 5.56 Å². The highest BCUT2D eigenvalue weighted by atomic mass is 35.5. The Balaban J connectivity index is 2.21. The standard InChI is InChI=1S/C10H8ClNO2/c11-8-3-1-2-7(4-8)9-6-14-10(5-13)12-9/h1-6,10,12H. The third-order valence-electron chi connectivity index (χ3n) is 1.89. The number of hydrogen-bond donors (Lipinski definition) is 1. The van der Waals surface area contributed by atoms with Gasteiger partial charge in [-0.1, -0.05) is 23.7 Å². The average Bonchev–Trinajstić information content (AvgIpc) is 2.66. The SMILES string of the molecule is O=CC1NC(c2cccc(Cl)c2)=CO1. The first-order chi connectivity index (χ1) is 6.79. The molecule has 1 unspecified atom stereocenters. The highest BCUT2D eigenvalue weighted by Crippen LogP contribution is 2.20. The Morgan fingerprint density at radius 2 is 2.36 bits per heavy atom. The molecule has 1 atom stereocenters. The van der Waals surface area contributed by atoms with E-state index < -0.39 is 6.23 Å². The molecular formula is C10H8ClNO2. The van der Waals surface area contributed by atoms with Crippen molar-refractivity contribution in [2.24, 2.45) is 0 Å². The van der Waals surface area contributed by atoms with Gasteiger partial charge in [-0.2, -0.15) is 0 Å². The first-order valence-electron chi connectivity index (χ1n) is 4.13. The molecule has 4 heteroatoms. The van der Waals surface area contributed by atoms with Gasteiger partial charge in [0.15, 0.2) is 6.29 Å². The van der Waals surface area contributed by atoms with Gasteiger partial charge >= 0.3 is 0 Å². The molecule has 0 saturated heterocycles. The molecule has 2 rings (SSSR count). The van der Waals surface area contributed by atoms with Crippen molar-refractivity contribution in [2.75, 3.05) is 0 Å². The maximum absolute atomic E-state index is 10.4. The van der Waals surface area contributed by atoms with Gasteiger partial charge in [0.1, 0.15) is 6.26 Å². The first-order valence-corrected chi connectivity index (χ1v) is 4.51. The van der Waals surface area contributed by atoms with Crippen LogP contribution >= 0.6 is 11.6 Å². The summed E-state index contributed by atoms with van der Waals surface area (Å²) in [6, 6.07) is 7.32. The van der Waals surface area contributed by atoms with E-state index in [1.165, 1.54) is 6.26 Å². The molecule has 72 valence electrons. The Morgan fingerprint density at radius 3 is 3.00 bits per heavy atom. The van der Waals surface area contributed by atoms with Crippen LogP contribution in [-0.4, -0.2) is 12.5 Å². The van der Waals surface area contributed by atoms with E-state index in [4.69, 9.17) is 16.3 Å². The minimum Gasteiger partial charge on any atom is -0.469 e. The van der Waals surface area contributed by atoms with Crippen LogP contribution in [0.4, 0.5) is 0 Å². The lowest BCUT2D eigenvalue weighted by Crippen LogP contribution is -2.24. The highest BCUT2D eigenvalue weighted by molar-refractivity contribution is 6.30. The van der Waals surface area contributed by atoms with E-state index in [1.807, 2.05) is 12.1 Å². The molecule has 0 radical (unpaired) electrons. The van der Waals surface area contributed by atoms with Gasteiger partial charge in [-0.15, -0.1) is 0 Å². The molecule has 1 aromatic carbocycles. The lowest BCUT2D eigenvalue weighted by atomic mass is 10.2. The van der Waals surface area contributed by atoms with Crippen molar-refractivity contribution in [3.8, 4) is 0 Å². The number of ether oxygens (including phenoxy) is 1. The van der Waals surface area contributed by atoms with E-state index in [9.17, 15) is 4.79 Å². The van der Waals surface area contributed by atoms with Gasteiger partial charge in [0.25, 0.3) is 0 Å². The van der Waals surface area contributed by atoms with Crippen molar-refractivity contribution in [3.05, 3.63) is 41.1 Å². The second kappa shape index (κ2) is 3.72. The minimum atomic E-state index is -0.580. The predicted molar refractivity (Wildman–Crippen MR) is 53.5 cm³/mol. The minimum absolute atomic E-state index is 0.580. The fourth-order valence-corrected chi connectivity index (χ4v) is 1.43. The fourth-order valence-electron chi connectivity index (χ4n) is 1.24. The Morgan fingerprint density at radius 1 is 1.50 bits per heavy atom. The quantitative estimate of drug-likeness (QED) is 0.755. The van der Waals surface area contributed by atoms with E-state index in [-0.39, 0.29) is 0 Å². The van der Waals surface area contributed by atoms with E-state index in [0.29, 0.717) is 11.3 Å². The number of hydrogen-bond acceptors (Lipinski definition) is 3. The summed E-state index contributed by atoms with van der Waals surface area (Å²) < 4.78 is 5.02. The summed E-state index contributed by atoms with van der Waals surface area (Å²) in [5.74, 6) is 0. The van der Waals surface area contributed by atoms with Crippen LogP contribution in [-0.2, 0) is 9.53 Å². The second-order valence-electron chi connectivity index (χ2n) is 2.88. The van der Waals surface area contributed by atoms with Crippen LogP contribution in [0.15, 0.2) is 30.5 Å². The molecule has 1 aromatic rings. The summed E-state index contributed by atoms with van der Waals surface area (Å²) >= 11 is 5.83. The highest BCUT2D eigenvalue weighted by Gasteiger charge is 2.16. The number of carbonyl (C=O) groups excluding carboxylic acids is 1. The maximum Gasteiger partial charge on any atom is 0.225 e. The second-order valence-corrected chi connectivity index (χ2v) is 3.32. The summed E-state index contributed by atoms with van der Waals surface area (Å²) in [5, 5.41) is 3.55. The summed E-state index contributed by atoms with van der Waals surface area (Å²) in [7, 11) is 0. The van der Waals surface area contributed by atoms with Gasteiger partial charge in [-0.3, -0.25) is 4.79 Å². The average molecular weight is 210 g/mol. The monoisotopic (exact) mass is 209 g/mol. The summed E-state index contributed by atoms with van der Waals surface area (Å²) in [6.07, 6.45) is 1.64. The number of rotatable bonds is 2. The third-order valence-corrected chi connectivity index (χ3v) is 2.12. The molecule has 3 nitrogen and oxygen atoms in total. The molecular weight excluding hydrogens is 202 g/mol. The van der Waals surface area contributed by atoms with Crippen molar-refractivity contribution < 1.29 is 9.53 Å². The zero-order valence-corrected chi connectivity index (χ0v) is 7.99. The number of halogens is 1. The van der Waals surface area contributed by atoms with Crippen LogP contribution < -0.4 is 5.32 Å². The molecule has 1 aliphatic rings. The largest absolute Gasteiger partial charge is 0.469 e. The van der Waals surface area contributed by atoms with Crippen molar-refractivity contribution in [2.45, 2.75) is 6.23 Å². The number of benzene rings is 1. The molecule has 0 aliphatic carbocycles. The summed E-state index contributed by atoms with van der Waals surface area (Å²) in [6.45, 7) is 0. The van der Waals surface area contributed by atoms with E-state index in [2.05, 4.69) is 5.32 Å². The molecule has 14 heavy (non-hydrogen) atoms. The van der Waals surface area contributed by atoms with Gasteiger partial charge in [0, 0.05) is 10.6 Å². The number of aldehydes is 1. The third kappa shape index (κ3) is 1.72. The number of nitrogens with one attached hydrogen (secondary N) is 1. The van der Waals surface area contributed by atoms with E-state index >= 15 is 0 Å². The predicted octanol–water partition coefficient (Wildman–Crippen LogP) is 1.78. The van der Waals surface area contributed by atoms with E-state index in [1.54, 1.807) is 12.1 Å². The molecule has 0 spiro atoms. The smallest absolute Gasteiger partial charge is 0.225 e. The van der Waals surface area contributed by atoms with Crippen molar-refractivity contribution in [1.82, 2.24) is 5.32 Å². The van der Waals surface area contributed by atoms with Crippen LogP contribution in [0, 0.1) is 0 Å². The van der Waals surface area contributed by atoms with Crippen LogP contribution in [0.3, 0.4) is 0 Å². The Kier molecular flexibility index (Phi) is 2.41. The van der Waals surface area contributed by atoms with Crippen LogP contribution in [0.2, 0.25) is 5.02 Å². The lowest BCUT2D eigenvalue weighted by molar-refractivity contribution is -0.115. The van der Waals surface area contributed by atoms with Crippen LogP contribution in [0.5, 0.6) is 0 Å². The zero-order chi connectivity index (χ0) is 9.97. The molecule has 1 N–H and O–H groups in total. The zero-order valence-electron chi connectivity index (χ0n) is 7.24. The van der Waals surface area contributed by atoms with Crippen molar-refractivity contribution in [3.63, 3.8) is 0 Å². The molecule has 1 aliphatic heterocycles. The molecule has 0 amide bonds. The molecule has 0 aromatic heterocycles. The van der Waals surface area contributed by atoms with Gasteiger partial charge in [-0.25, -0.2) is 0 Å². The Hall–Kier alpha value is -1.48. The Bertz CT molecular complexity index is 389. The van der Waals surface area contributed by atoms with Gasteiger partial charge in [0.05, 0.1) is 5.70 Å². The molecule has 0 saturated carbocycles. The van der Waals surface area contributed by atoms with Crippen LogP contribution in [0.25, 0.3) is 5.70 Å². The van der Waals surface area contributed by atoms with Gasteiger partial charge in [0.2, 0.25) is 6.23 Å². The molecule has 0 bridgehead atoms. The van der Waals surface area contributed by atoms with E-state index in [0.717, 1.165) is 11.3 Å². The van der Waals surface area contributed by atoms with Gasteiger partial charge < -0.3 is 10.1 Å². The molecule has 1 heterocycles. The maximum atomic E-state index is 10.4. The Labute approximate surface area is 86.3 Å². The summed E-state index contributed by atoms with van der Waals surface area (Å²) in [5.41, 5.74) is 1.67. The lowest BCUT2D eigenvalue weighted by Gasteiger charge is -2.05. The topological polar surface area (TPSA) is 38.3 Å². The fraction of sp³-hybridized carbons (Fsp3) is 0.100. The first kappa shape index (κ1) is 9.09. The van der Waals surface area contributed by atoms with Crippen molar-refractivity contribution >= 4 is 23.6 Å². The number of carbonyl (C=O) groups is 1. The van der Waals surface area contributed by atoms with Crippen molar-refractivity contribution in [1.29, 1.82) is 0 Å². The summed E-state index contributed by atoms with van der Waals surface area (Å²) in [4.78, 5) is 10.4. The normalized spacial score (nSPS) is 19.5.